The van der Waals surface area contributed by atoms with Gasteiger partial charge in [0, 0.05) is 6.42 Å². The van der Waals surface area contributed by atoms with Crippen molar-refractivity contribution in [1.82, 2.24) is 5.32 Å². The van der Waals surface area contributed by atoms with Crippen molar-refractivity contribution in [2.45, 2.75) is 26.3 Å². The maximum atomic E-state index is 12.5. The van der Waals surface area contributed by atoms with Crippen LogP contribution in [0.5, 0.6) is 0 Å². The Morgan fingerprint density at radius 3 is 2.29 bits per heavy atom. The van der Waals surface area contributed by atoms with Gasteiger partial charge in [-0.25, -0.2) is 4.79 Å². The van der Waals surface area contributed by atoms with Crippen molar-refractivity contribution in [2.75, 3.05) is 7.11 Å². The third-order valence-electron chi connectivity index (χ3n) is 3.96. The van der Waals surface area contributed by atoms with Crippen LogP contribution in [0.2, 0.25) is 5.02 Å². The average molecular weight is 346 g/mol. The van der Waals surface area contributed by atoms with Crippen molar-refractivity contribution in [1.29, 1.82) is 0 Å². The number of aryl methyl sites for hydroxylation is 2. The maximum absolute atomic E-state index is 12.5. The molecule has 1 N–H and O–H groups in total. The molecule has 126 valence electrons. The van der Waals surface area contributed by atoms with Crippen molar-refractivity contribution in [3.8, 4) is 0 Å². The van der Waals surface area contributed by atoms with Gasteiger partial charge in [0.05, 0.1) is 17.7 Å². The molecule has 2 aromatic rings. The molecule has 0 saturated heterocycles. The highest BCUT2D eigenvalue weighted by molar-refractivity contribution is 6.33. The van der Waals surface area contributed by atoms with Gasteiger partial charge in [0.25, 0.3) is 5.91 Å². The second kappa shape index (κ2) is 7.97. The summed E-state index contributed by atoms with van der Waals surface area (Å²) < 4.78 is 4.84. The third-order valence-corrected chi connectivity index (χ3v) is 4.29. The Balaban J connectivity index is 2.25. The second-order valence-corrected chi connectivity index (χ2v) is 6.01. The monoisotopic (exact) mass is 345 g/mol. The van der Waals surface area contributed by atoms with Gasteiger partial charge in [-0.1, -0.05) is 41.9 Å². The largest absolute Gasteiger partial charge is 0.467 e. The molecule has 0 unspecified atom stereocenters. The predicted octanol–water partition coefficient (Wildman–Crippen LogP) is 3.47. The van der Waals surface area contributed by atoms with Crippen LogP contribution >= 0.6 is 11.6 Å². The van der Waals surface area contributed by atoms with E-state index in [0.29, 0.717) is 17.0 Å². The normalized spacial score (nSPS) is 11.7. The highest BCUT2D eigenvalue weighted by Crippen LogP contribution is 2.18. The maximum Gasteiger partial charge on any atom is 0.328 e. The molecule has 0 aliphatic rings. The Morgan fingerprint density at radius 2 is 1.71 bits per heavy atom. The minimum absolute atomic E-state index is 0.328. The first-order valence-electron chi connectivity index (χ1n) is 7.62. The van der Waals surface area contributed by atoms with Crippen molar-refractivity contribution >= 4 is 23.5 Å². The van der Waals surface area contributed by atoms with E-state index >= 15 is 0 Å². The van der Waals surface area contributed by atoms with Gasteiger partial charge in [0.15, 0.2) is 0 Å². The lowest BCUT2D eigenvalue weighted by atomic mass is 9.96. The van der Waals surface area contributed by atoms with Crippen LogP contribution in [0, 0.1) is 13.8 Å². The molecule has 0 aromatic heterocycles. The Bertz CT molecular complexity index is 738. The molecule has 0 heterocycles. The number of hydrogen-bond acceptors (Lipinski definition) is 3. The molecule has 0 spiro atoms. The molecule has 5 heteroatoms. The molecule has 0 bridgehead atoms. The fourth-order valence-corrected chi connectivity index (χ4v) is 2.81. The van der Waals surface area contributed by atoms with E-state index in [1.54, 1.807) is 24.3 Å². The van der Waals surface area contributed by atoms with Crippen LogP contribution in [0.1, 0.15) is 27.0 Å². The highest BCUT2D eigenvalue weighted by Gasteiger charge is 2.24. The molecule has 0 aliphatic carbocycles. The van der Waals surface area contributed by atoms with Crippen LogP contribution in [0.4, 0.5) is 0 Å². The summed E-state index contributed by atoms with van der Waals surface area (Å²) in [5, 5.41) is 3.07. The number of esters is 1. The van der Waals surface area contributed by atoms with E-state index in [1.807, 2.05) is 32.0 Å². The zero-order valence-corrected chi connectivity index (χ0v) is 14.7. The van der Waals surface area contributed by atoms with Gasteiger partial charge in [-0.05, 0) is 42.7 Å². The molecule has 1 amide bonds. The Labute approximate surface area is 146 Å². The quantitative estimate of drug-likeness (QED) is 0.844. The summed E-state index contributed by atoms with van der Waals surface area (Å²) >= 11 is 6.05. The number of rotatable bonds is 5. The molecule has 0 aliphatic heterocycles. The number of methoxy groups -OCH3 is 1. The first-order valence-corrected chi connectivity index (χ1v) is 8.00. The van der Waals surface area contributed by atoms with Crippen molar-refractivity contribution in [3.05, 3.63) is 69.7 Å². The molecular weight excluding hydrogens is 326 g/mol. The lowest BCUT2D eigenvalue weighted by Gasteiger charge is -2.19. The minimum atomic E-state index is -0.779. The number of hydrogen-bond donors (Lipinski definition) is 1. The first kappa shape index (κ1) is 18.0. The zero-order valence-electron chi connectivity index (χ0n) is 13.9. The van der Waals surface area contributed by atoms with Crippen molar-refractivity contribution in [3.63, 3.8) is 0 Å². The number of nitrogens with one attached hydrogen (secondary N) is 1. The van der Waals surface area contributed by atoms with Gasteiger partial charge >= 0.3 is 5.97 Å². The summed E-state index contributed by atoms with van der Waals surface area (Å²) in [7, 11) is 1.31. The molecule has 2 rings (SSSR count). The van der Waals surface area contributed by atoms with E-state index in [4.69, 9.17) is 16.3 Å². The molecule has 1 atom stereocenters. The standard InChI is InChI=1S/C19H20ClNO3/c1-12-7-6-8-13(2)15(12)11-17(19(23)24-3)21-18(22)14-9-4-5-10-16(14)20/h4-10,17H,11H2,1-3H3,(H,21,22)/t17-/m1/s1. The van der Waals surface area contributed by atoms with E-state index < -0.39 is 17.9 Å². The third kappa shape index (κ3) is 4.15. The van der Waals surface area contributed by atoms with Gasteiger partial charge in [-0.15, -0.1) is 0 Å². The smallest absolute Gasteiger partial charge is 0.328 e. The van der Waals surface area contributed by atoms with E-state index in [1.165, 1.54) is 7.11 Å². The molecule has 0 radical (unpaired) electrons. The van der Waals surface area contributed by atoms with Gasteiger partial charge in [0.2, 0.25) is 0 Å². The molecule has 0 fully saturated rings. The van der Waals surface area contributed by atoms with Crippen molar-refractivity contribution in [2.24, 2.45) is 0 Å². The van der Waals surface area contributed by atoms with Crippen LogP contribution in [0.15, 0.2) is 42.5 Å². The summed E-state index contributed by atoms with van der Waals surface area (Å²) in [6, 6.07) is 11.9. The van der Waals surface area contributed by atoms with Crippen LogP contribution in [-0.4, -0.2) is 25.0 Å². The Morgan fingerprint density at radius 1 is 1.08 bits per heavy atom. The molecular formula is C19H20ClNO3. The Hall–Kier alpha value is -2.33. The zero-order chi connectivity index (χ0) is 17.7. The first-order chi connectivity index (χ1) is 11.4. The minimum Gasteiger partial charge on any atom is -0.467 e. The fraction of sp³-hybridized carbons (Fsp3) is 0.263. The summed E-state index contributed by atoms with van der Waals surface area (Å²) in [4.78, 5) is 24.6. The van der Waals surface area contributed by atoms with Gasteiger partial charge in [0.1, 0.15) is 6.04 Å². The summed E-state index contributed by atoms with van der Waals surface area (Å²) in [5.41, 5.74) is 3.48. The number of benzene rings is 2. The van der Waals surface area contributed by atoms with Gasteiger partial charge < -0.3 is 10.1 Å². The molecule has 24 heavy (non-hydrogen) atoms. The lowest BCUT2D eigenvalue weighted by molar-refractivity contribution is -0.142. The number of carbonyl (C=O) groups excluding carboxylic acids is 2. The van der Waals surface area contributed by atoms with E-state index in [9.17, 15) is 9.59 Å². The highest BCUT2D eigenvalue weighted by atomic mass is 35.5. The second-order valence-electron chi connectivity index (χ2n) is 5.60. The average Bonchev–Trinajstić information content (AvgIpc) is 2.56. The SMILES string of the molecule is COC(=O)[C@@H](Cc1c(C)cccc1C)NC(=O)c1ccccc1Cl. The van der Waals surface area contributed by atoms with E-state index in [0.717, 1.165) is 16.7 Å². The number of carbonyl (C=O) groups is 2. The number of halogens is 1. The number of amides is 1. The lowest BCUT2D eigenvalue weighted by Crippen LogP contribution is -2.43. The predicted molar refractivity (Wildman–Crippen MR) is 94.3 cm³/mol. The Kier molecular flexibility index (Phi) is 5.99. The number of ether oxygens (including phenoxy) is 1. The van der Waals surface area contributed by atoms with Crippen LogP contribution in [-0.2, 0) is 16.0 Å². The van der Waals surface area contributed by atoms with Crippen molar-refractivity contribution < 1.29 is 14.3 Å². The van der Waals surface area contributed by atoms with Crippen LogP contribution in [0.25, 0.3) is 0 Å². The van der Waals surface area contributed by atoms with Crippen LogP contribution in [0.3, 0.4) is 0 Å². The molecule has 2 aromatic carbocycles. The summed E-state index contributed by atoms with van der Waals surface area (Å²) in [6.07, 6.45) is 0.362. The van der Waals surface area contributed by atoms with Gasteiger partial charge in [-0.2, -0.15) is 0 Å². The van der Waals surface area contributed by atoms with Crippen LogP contribution < -0.4 is 5.32 Å². The van der Waals surface area contributed by atoms with E-state index in [2.05, 4.69) is 5.32 Å². The fourth-order valence-electron chi connectivity index (χ4n) is 2.59. The van der Waals surface area contributed by atoms with E-state index in [-0.39, 0.29) is 0 Å². The molecule has 4 nitrogen and oxygen atoms in total. The molecule has 0 saturated carbocycles. The van der Waals surface area contributed by atoms with Gasteiger partial charge in [-0.3, -0.25) is 4.79 Å². The summed E-state index contributed by atoms with van der Waals surface area (Å²) in [5.74, 6) is -0.889. The summed E-state index contributed by atoms with van der Waals surface area (Å²) in [6.45, 7) is 3.96. The topological polar surface area (TPSA) is 55.4 Å².